The maximum atomic E-state index is 15.1. The highest BCUT2D eigenvalue weighted by Gasteiger charge is 2.36. The highest BCUT2D eigenvalue weighted by atomic mass is 35.5. The summed E-state index contributed by atoms with van der Waals surface area (Å²) >= 11 is 59.4. The zero-order valence-corrected chi connectivity index (χ0v) is 94.0. The van der Waals surface area contributed by atoms with Gasteiger partial charge in [0.05, 0.1) is 107 Å². The zero-order chi connectivity index (χ0) is 105. The van der Waals surface area contributed by atoms with E-state index in [1.165, 1.54) is 59.2 Å². The van der Waals surface area contributed by atoms with Gasteiger partial charge in [0.2, 0.25) is 0 Å². The van der Waals surface area contributed by atoms with Gasteiger partial charge in [0.1, 0.15) is 23.3 Å². The van der Waals surface area contributed by atoms with Crippen LogP contribution in [0.25, 0.3) is 117 Å². The van der Waals surface area contributed by atoms with Crippen molar-refractivity contribution in [2.45, 2.75) is 182 Å². The molecule has 0 N–H and O–H groups in total. The molecular formula is C122H119Cl11F4N8O4. The Hall–Kier alpha value is -10.0. The molecule has 0 aliphatic carbocycles. The van der Waals surface area contributed by atoms with Crippen molar-refractivity contribution < 1.29 is 17.6 Å². The third kappa shape index (κ3) is 24.3. The molecule has 3 saturated heterocycles. The molecule has 12 nitrogen and oxygen atoms in total. The molecule has 4 aliphatic rings. The van der Waals surface area contributed by atoms with E-state index in [1.807, 2.05) is 75.7 Å². The van der Waals surface area contributed by atoms with Gasteiger partial charge in [-0.25, -0.2) is 17.6 Å². The minimum Gasteiger partial charge on any atom is -0.316 e. The number of nitrogens with zero attached hydrogens (tertiary/aromatic N) is 8. The standard InChI is InChI=1S/C31H31Cl2FN2O.C31H29Cl2FN2O.C30H29Cl3N2O.C30H28Cl2F2N2O.2ClH/c2*1-19-16-22(34)8-9-23(19)26-17-21(20-10-13-35(14-11-20)31(2,3)4)18-27-30(28(37)12-15-36(26)27)29-24(32)6-5-7-25(29)33;1-30(2,3)34-14-11-19(12-15-34)20-17-25(21-7-4-5-8-22(21)31)35-16-13-27(36)29(26(35)18-20)28-23(32)9-6-10-24(28)33;1-30(2,3)35-12-9-18(10-13-35)19-15-25(21-8-7-20(33)17-24(21)34)36-14-11-27(37)29(26(36)16-19)28-22(31)5-4-6-23(28)32;;/h5-9,12,15-18,20H,10-11,13-14H2,1-4H3;5-10,12,15-18H,11,13-14H2,1-4H3;4-10,13,16-19H,11-12,14-15H2,1-3H3;4-8,11,14-18H,9-10,12-13H2,1-3H3;2*1H. The predicted octanol–water partition coefficient (Wildman–Crippen LogP) is 34.3. The first-order chi connectivity index (χ1) is 69.8. The molecule has 0 radical (unpaired) electrons. The normalized spacial score (nSPS) is 15.1. The lowest BCUT2D eigenvalue weighted by molar-refractivity contribution is 0.102. The van der Waals surface area contributed by atoms with Gasteiger partial charge >= 0.3 is 0 Å². The molecular weight excluding hydrogens is 2110 g/mol. The van der Waals surface area contributed by atoms with E-state index in [-0.39, 0.29) is 91.8 Å². The lowest BCUT2D eigenvalue weighted by atomic mass is 9.86. The number of rotatable bonds is 12. The molecule has 0 amide bonds. The average Bonchev–Trinajstić information content (AvgIpc) is 0.753. The second-order valence-electron chi connectivity index (χ2n) is 42.7. The first-order valence-electron chi connectivity index (χ1n) is 49.8. The number of aromatic nitrogens is 4. The average molecular weight is 2230 g/mol. The van der Waals surface area contributed by atoms with Gasteiger partial charge < -0.3 is 17.6 Å². The second-order valence-corrected chi connectivity index (χ2v) is 46.4. The molecule has 12 heterocycles. The predicted molar refractivity (Wildman–Crippen MR) is 621 cm³/mol. The van der Waals surface area contributed by atoms with Crippen LogP contribution in [0.3, 0.4) is 0 Å². The van der Waals surface area contributed by atoms with Gasteiger partial charge in [0.15, 0.2) is 21.7 Å². The lowest BCUT2D eigenvalue weighted by Crippen LogP contribution is -2.45. The van der Waals surface area contributed by atoms with Crippen LogP contribution in [0.4, 0.5) is 17.6 Å². The molecule has 0 bridgehead atoms. The zero-order valence-electron chi connectivity index (χ0n) is 85.5. The molecule has 0 spiro atoms. The Morgan fingerprint density at radius 2 is 0.550 bits per heavy atom. The van der Waals surface area contributed by atoms with E-state index in [2.05, 4.69) is 145 Å². The Kier molecular flexibility index (Phi) is 35.3. The van der Waals surface area contributed by atoms with Gasteiger partial charge in [-0.15, -0.1) is 24.8 Å². The monoisotopic (exact) mass is 2220 g/mol. The first kappa shape index (κ1) is 113. The van der Waals surface area contributed by atoms with Crippen molar-refractivity contribution in [1.82, 2.24) is 37.2 Å². The number of hydrogen-bond acceptors (Lipinski definition) is 8. The van der Waals surface area contributed by atoms with Crippen LogP contribution < -0.4 is 21.7 Å². The number of aryl methyl sites for hydroxylation is 2. The van der Waals surface area contributed by atoms with Gasteiger partial charge in [-0.2, -0.15) is 0 Å². The van der Waals surface area contributed by atoms with Crippen LogP contribution in [0, 0.1) is 37.1 Å². The molecule has 20 rings (SSSR count). The minimum absolute atomic E-state index is 0. The largest absolute Gasteiger partial charge is 0.316 e. The summed E-state index contributed by atoms with van der Waals surface area (Å²) in [5.41, 5.74) is 20.0. The summed E-state index contributed by atoms with van der Waals surface area (Å²) in [5, 5.41) is 3.98. The van der Waals surface area contributed by atoms with Crippen LogP contribution in [-0.2, 0) is 0 Å². The smallest absolute Gasteiger partial charge is 0.190 e. The third-order valence-corrected chi connectivity index (χ3v) is 32.3. The fourth-order valence-electron chi connectivity index (χ4n) is 21.4. The van der Waals surface area contributed by atoms with Crippen molar-refractivity contribution in [2.75, 3.05) is 52.4 Å². The van der Waals surface area contributed by atoms with Gasteiger partial charge in [-0.05, 0) is 390 Å². The van der Waals surface area contributed by atoms with Crippen LogP contribution in [-0.4, -0.2) is 112 Å². The molecule has 8 aromatic carbocycles. The Bertz CT molecular complexity index is 7780. The van der Waals surface area contributed by atoms with E-state index in [0.29, 0.717) is 118 Å². The highest BCUT2D eigenvalue weighted by Crippen LogP contribution is 2.48. The van der Waals surface area contributed by atoms with Crippen molar-refractivity contribution in [1.29, 1.82) is 0 Å². The summed E-state index contributed by atoms with van der Waals surface area (Å²) in [5.74, 6) is -0.937. The lowest BCUT2D eigenvalue weighted by Gasteiger charge is -2.41. The van der Waals surface area contributed by atoms with Crippen molar-refractivity contribution in [3.63, 3.8) is 0 Å². The van der Waals surface area contributed by atoms with Crippen LogP contribution in [0.15, 0.2) is 274 Å². The summed E-state index contributed by atoms with van der Waals surface area (Å²) in [4.78, 5) is 63.3. The highest BCUT2D eigenvalue weighted by molar-refractivity contribution is 6.42. The van der Waals surface area contributed by atoms with Crippen LogP contribution in [0.2, 0.25) is 45.2 Å². The fraction of sp³-hybridized carbons (Fsp3) is 0.295. The molecule has 0 unspecified atom stereocenters. The van der Waals surface area contributed by atoms with E-state index < -0.39 is 11.6 Å². The van der Waals surface area contributed by atoms with Crippen molar-refractivity contribution in [3.8, 4) is 89.5 Å². The number of pyridine rings is 8. The summed E-state index contributed by atoms with van der Waals surface area (Å²) in [6, 6.07) is 64.9. The molecule has 16 aromatic rings. The summed E-state index contributed by atoms with van der Waals surface area (Å²) in [6.07, 6.45) is 16.1. The third-order valence-electron chi connectivity index (χ3n) is 29.4. The molecule has 27 heteroatoms. The van der Waals surface area contributed by atoms with E-state index in [9.17, 15) is 32.3 Å². The summed E-state index contributed by atoms with van der Waals surface area (Å²) < 4.78 is 64.7. The Morgan fingerprint density at radius 3 is 0.839 bits per heavy atom. The van der Waals surface area contributed by atoms with Crippen molar-refractivity contribution in [3.05, 3.63) is 398 Å². The molecule has 0 saturated carbocycles. The maximum absolute atomic E-state index is 15.1. The van der Waals surface area contributed by atoms with Crippen molar-refractivity contribution >= 4 is 157 Å². The topological polar surface area (TPSA) is 98.9 Å². The molecule has 776 valence electrons. The number of hydrogen-bond donors (Lipinski definition) is 0. The van der Waals surface area contributed by atoms with Crippen LogP contribution in [0.5, 0.6) is 0 Å². The molecule has 0 atom stereocenters. The van der Waals surface area contributed by atoms with E-state index in [0.717, 1.165) is 170 Å². The maximum Gasteiger partial charge on any atom is 0.190 e. The second kappa shape index (κ2) is 46.5. The Morgan fingerprint density at radius 1 is 0.275 bits per heavy atom. The minimum atomic E-state index is -0.669. The number of piperidine rings is 3. The Labute approximate surface area is 925 Å². The number of halogens is 15. The van der Waals surface area contributed by atoms with E-state index in [4.69, 9.17) is 104 Å². The SMILES string of the molecule is CC(C)(C)N1CCC(c2cc(-c3ccc(F)cc3F)n3ccc(=O)c(-c4c(Cl)cccc4Cl)c3c2)CC1.CC(C)(C)N1CCC(c2cc(-c3ccccc3Cl)n3ccc(=O)c(-c4c(Cl)cccc4Cl)c3c2)CC1.Cc1cc(F)ccc1-c1cc(C2=CCN(C(C)(C)C)CC2)cc2c(-c3c(Cl)cccc3Cl)c(=O)ccn12.Cc1cc(F)ccc1-c1cc(C2CCN(C(C)(C)C)CC2)cc2c(-c3c(Cl)cccc3Cl)c(=O)ccn12.Cl.Cl. The Balaban J connectivity index is 0.000000148. The molecule has 8 aromatic heterocycles. The van der Waals surface area contributed by atoms with E-state index in [1.54, 1.807) is 120 Å². The summed E-state index contributed by atoms with van der Waals surface area (Å²) in [7, 11) is 0. The van der Waals surface area contributed by atoms with Crippen molar-refractivity contribution in [2.24, 2.45) is 0 Å². The number of likely N-dealkylation sites (tertiary alicyclic amines) is 3. The van der Waals surface area contributed by atoms with Gasteiger partial charge in [0.25, 0.3) is 0 Å². The molecule has 4 aliphatic heterocycles. The van der Waals surface area contributed by atoms with Crippen LogP contribution >= 0.6 is 129 Å². The van der Waals surface area contributed by atoms with Crippen LogP contribution in [0.1, 0.15) is 179 Å². The molecule has 3 fully saturated rings. The number of benzene rings is 8. The fourth-order valence-corrected chi connectivity index (χ4v) is 23.9. The van der Waals surface area contributed by atoms with E-state index >= 15 is 4.39 Å². The quantitative estimate of drug-likeness (QED) is 0.112. The first-order valence-corrected chi connectivity index (χ1v) is 53.2. The summed E-state index contributed by atoms with van der Waals surface area (Å²) in [6.45, 7) is 38.4. The number of fused-ring (bicyclic) bond motifs is 4. The van der Waals surface area contributed by atoms with Gasteiger partial charge in [-0.1, -0.05) is 153 Å². The van der Waals surface area contributed by atoms with Gasteiger partial charge in [-0.3, -0.25) is 38.8 Å². The molecule has 149 heavy (non-hydrogen) atoms. The van der Waals surface area contributed by atoms with Gasteiger partial charge in [0, 0.05) is 140 Å².